The zero-order chi connectivity index (χ0) is 21.4. The largest absolute Gasteiger partial charge is 0.466 e. The molecule has 0 radical (unpaired) electrons. The lowest BCUT2D eigenvalue weighted by atomic mass is 10.2. The molecular weight excluding hydrogens is 378 g/mol. The van der Waals surface area contributed by atoms with Crippen LogP contribution in [0.4, 0.5) is 11.9 Å². The Balaban J connectivity index is 2.12. The molecule has 1 heterocycles. The Bertz CT molecular complexity index is 841. The Morgan fingerprint density at radius 3 is 2.41 bits per heavy atom. The van der Waals surface area contributed by atoms with E-state index in [0.717, 1.165) is 6.42 Å². The summed E-state index contributed by atoms with van der Waals surface area (Å²) in [4.78, 5) is 37.6. The van der Waals surface area contributed by atoms with E-state index in [1.165, 1.54) is 19.2 Å². The summed E-state index contributed by atoms with van der Waals surface area (Å²) >= 11 is 0. The standard InChI is InChI=1S/C19H25N5O5/c1-6-12(2)20-17-21-18(24(3)4)23-19(22-17)29-14-9-7-13(8-10-14)16(26)28-11-15(25)27-5/h7-10,12H,6,11H2,1-5H3,(H,20,21,22,23)/t12-/m0/s1. The quantitative estimate of drug-likeness (QED) is 0.625. The minimum atomic E-state index is -0.642. The van der Waals surface area contributed by atoms with Gasteiger partial charge in [0, 0.05) is 20.1 Å². The first kappa shape index (κ1) is 21.9. The molecule has 29 heavy (non-hydrogen) atoms. The van der Waals surface area contributed by atoms with Gasteiger partial charge in [-0.05, 0) is 37.6 Å². The number of benzene rings is 1. The summed E-state index contributed by atoms with van der Waals surface area (Å²) in [7, 11) is 4.86. The van der Waals surface area contributed by atoms with Gasteiger partial charge in [0.2, 0.25) is 11.9 Å². The molecule has 2 rings (SSSR count). The Labute approximate surface area is 169 Å². The van der Waals surface area contributed by atoms with Crippen molar-refractivity contribution in [3.05, 3.63) is 29.8 Å². The first-order valence-corrected chi connectivity index (χ1v) is 9.04. The second-order valence-corrected chi connectivity index (χ2v) is 6.37. The molecule has 0 saturated heterocycles. The van der Waals surface area contributed by atoms with Gasteiger partial charge in [0.05, 0.1) is 12.7 Å². The average molecular weight is 403 g/mol. The number of nitrogens with one attached hydrogen (secondary N) is 1. The number of ether oxygens (including phenoxy) is 3. The predicted molar refractivity (Wildman–Crippen MR) is 106 cm³/mol. The molecule has 2 aromatic rings. The van der Waals surface area contributed by atoms with Crippen molar-refractivity contribution in [1.29, 1.82) is 0 Å². The van der Waals surface area contributed by atoms with Crippen LogP contribution in [0.3, 0.4) is 0 Å². The van der Waals surface area contributed by atoms with Crippen LogP contribution in [0.15, 0.2) is 24.3 Å². The number of aromatic nitrogens is 3. The third-order valence-corrected chi connectivity index (χ3v) is 3.84. The molecule has 0 fully saturated rings. The lowest BCUT2D eigenvalue weighted by Crippen LogP contribution is -2.19. The van der Waals surface area contributed by atoms with Crippen molar-refractivity contribution in [1.82, 2.24) is 15.0 Å². The van der Waals surface area contributed by atoms with Gasteiger partial charge in [0.25, 0.3) is 0 Å². The first-order valence-electron chi connectivity index (χ1n) is 9.04. The molecule has 0 aliphatic carbocycles. The number of carbonyl (C=O) groups is 2. The monoisotopic (exact) mass is 403 g/mol. The normalized spacial score (nSPS) is 11.3. The number of hydrogen-bond acceptors (Lipinski definition) is 10. The maximum Gasteiger partial charge on any atom is 0.344 e. The van der Waals surface area contributed by atoms with E-state index >= 15 is 0 Å². The van der Waals surface area contributed by atoms with Gasteiger partial charge in [0.15, 0.2) is 6.61 Å². The van der Waals surface area contributed by atoms with Gasteiger partial charge in [-0.25, -0.2) is 9.59 Å². The van der Waals surface area contributed by atoms with E-state index in [2.05, 4.69) is 31.9 Å². The van der Waals surface area contributed by atoms with Crippen molar-refractivity contribution in [3.8, 4) is 11.8 Å². The molecule has 0 unspecified atom stereocenters. The third-order valence-electron chi connectivity index (χ3n) is 3.84. The molecule has 0 amide bonds. The van der Waals surface area contributed by atoms with Crippen molar-refractivity contribution in [3.63, 3.8) is 0 Å². The maximum atomic E-state index is 11.9. The van der Waals surface area contributed by atoms with Crippen molar-refractivity contribution >= 4 is 23.8 Å². The number of methoxy groups -OCH3 is 1. The van der Waals surface area contributed by atoms with Gasteiger partial charge >= 0.3 is 17.9 Å². The molecule has 156 valence electrons. The van der Waals surface area contributed by atoms with E-state index in [1.54, 1.807) is 17.0 Å². The second kappa shape index (κ2) is 10.2. The molecule has 1 aromatic heterocycles. The molecule has 0 bridgehead atoms. The van der Waals surface area contributed by atoms with Crippen molar-refractivity contribution in [2.24, 2.45) is 0 Å². The Morgan fingerprint density at radius 2 is 1.83 bits per heavy atom. The van der Waals surface area contributed by atoms with Crippen LogP contribution in [-0.4, -0.2) is 60.7 Å². The summed E-state index contributed by atoms with van der Waals surface area (Å²) in [5.74, 6) is 0.0171. The van der Waals surface area contributed by atoms with Gasteiger partial charge < -0.3 is 24.4 Å². The van der Waals surface area contributed by atoms with Crippen LogP contribution >= 0.6 is 0 Å². The van der Waals surface area contributed by atoms with E-state index in [-0.39, 0.29) is 17.6 Å². The zero-order valence-electron chi connectivity index (χ0n) is 17.1. The molecule has 0 aliphatic heterocycles. The summed E-state index contributed by atoms with van der Waals surface area (Å²) < 4.78 is 15.0. The smallest absolute Gasteiger partial charge is 0.344 e. The van der Waals surface area contributed by atoms with Crippen molar-refractivity contribution in [2.45, 2.75) is 26.3 Å². The van der Waals surface area contributed by atoms with Crippen LogP contribution in [0.1, 0.15) is 30.6 Å². The SMILES string of the molecule is CC[C@H](C)Nc1nc(Oc2ccc(C(=O)OCC(=O)OC)cc2)nc(N(C)C)n1. The molecule has 1 atom stereocenters. The fourth-order valence-corrected chi connectivity index (χ4v) is 2.01. The molecule has 0 aliphatic rings. The predicted octanol–water partition coefficient (Wildman–Crippen LogP) is 2.27. The third kappa shape index (κ3) is 6.59. The molecule has 10 heteroatoms. The second-order valence-electron chi connectivity index (χ2n) is 6.37. The Kier molecular flexibility index (Phi) is 7.70. The molecule has 0 saturated carbocycles. The van der Waals surface area contributed by atoms with Crippen LogP contribution in [-0.2, 0) is 14.3 Å². The number of esters is 2. The van der Waals surface area contributed by atoms with Crippen LogP contribution in [0.25, 0.3) is 0 Å². The Hall–Kier alpha value is -3.43. The highest BCUT2D eigenvalue weighted by Crippen LogP contribution is 2.22. The topological polar surface area (TPSA) is 116 Å². The zero-order valence-corrected chi connectivity index (χ0v) is 17.1. The first-order chi connectivity index (χ1) is 13.8. The highest BCUT2D eigenvalue weighted by molar-refractivity contribution is 5.90. The molecule has 1 N–H and O–H groups in total. The highest BCUT2D eigenvalue weighted by Gasteiger charge is 2.13. The fraction of sp³-hybridized carbons (Fsp3) is 0.421. The summed E-state index contributed by atoms with van der Waals surface area (Å²) in [6, 6.07) is 6.50. The number of hydrogen-bond donors (Lipinski definition) is 1. The Morgan fingerprint density at radius 1 is 1.14 bits per heavy atom. The fourth-order valence-electron chi connectivity index (χ4n) is 2.01. The maximum absolute atomic E-state index is 11.9. The average Bonchev–Trinajstić information content (AvgIpc) is 2.71. The number of anilines is 2. The van der Waals surface area contributed by atoms with Crippen LogP contribution in [0.2, 0.25) is 0 Å². The summed E-state index contributed by atoms with van der Waals surface area (Å²) in [5, 5.41) is 3.20. The molecule has 10 nitrogen and oxygen atoms in total. The highest BCUT2D eigenvalue weighted by atomic mass is 16.6. The van der Waals surface area contributed by atoms with Gasteiger partial charge in [-0.15, -0.1) is 0 Å². The minimum absolute atomic E-state index is 0.121. The van der Waals surface area contributed by atoms with E-state index in [0.29, 0.717) is 17.6 Å². The van der Waals surface area contributed by atoms with E-state index in [1.807, 2.05) is 21.0 Å². The number of rotatable bonds is 9. The van der Waals surface area contributed by atoms with Gasteiger partial charge in [-0.2, -0.15) is 15.0 Å². The summed E-state index contributed by atoms with van der Waals surface area (Å²) in [5.41, 5.74) is 0.269. The lowest BCUT2D eigenvalue weighted by Gasteiger charge is -2.16. The van der Waals surface area contributed by atoms with Crippen molar-refractivity contribution < 1.29 is 23.8 Å². The summed E-state index contributed by atoms with van der Waals surface area (Å²) in [6.07, 6.45) is 0.909. The van der Waals surface area contributed by atoms with Crippen LogP contribution in [0.5, 0.6) is 11.8 Å². The van der Waals surface area contributed by atoms with Gasteiger partial charge in [-0.3, -0.25) is 0 Å². The van der Waals surface area contributed by atoms with Crippen LogP contribution < -0.4 is 15.0 Å². The number of carbonyl (C=O) groups excluding carboxylic acids is 2. The van der Waals surface area contributed by atoms with Crippen molar-refractivity contribution in [2.75, 3.05) is 38.0 Å². The minimum Gasteiger partial charge on any atom is -0.466 e. The van der Waals surface area contributed by atoms with E-state index in [9.17, 15) is 9.59 Å². The van der Waals surface area contributed by atoms with E-state index < -0.39 is 18.5 Å². The lowest BCUT2D eigenvalue weighted by molar-refractivity contribution is -0.144. The molecule has 1 aromatic carbocycles. The van der Waals surface area contributed by atoms with E-state index in [4.69, 9.17) is 9.47 Å². The van der Waals surface area contributed by atoms with Gasteiger partial charge in [-0.1, -0.05) is 6.92 Å². The summed E-state index contributed by atoms with van der Waals surface area (Å²) in [6.45, 7) is 3.64. The van der Waals surface area contributed by atoms with Gasteiger partial charge in [0.1, 0.15) is 5.75 Å². The van der Waals surface area contributed by atoms with Crippen LogP contribution in [0, 0.1) is 0 Å². The number of nitrogens with zero attached hydrogens (tertiary/aromatic N) is 4. The molecule has 0 spiro atoms. The molecular formula is C19H25N5O5.